The van der Waals surface area contributed by atoms with Gasteiger partial charge in [-0.05, 0) is 60.9 Å². The van der Waals surface area contributed by atoms with Crippen LogP contribution in [-0.4, -0.2) is 65.8 Å². The highest BCUT2D eigenvalue weighted by Gasteiger charge is 2.23. The lowest BCUT2D eigenvalue weighted by atomic mass is 10.2. The maximum atomic E-state index is 12.6. The minimum absolute atomic E-state index is 0.0256. The van der Waals surface area contributed by atoms with E-state index in [1.807, 2.05) is 12.1 Å². The number of aliphatic imine (C=N–C) groups is 1. The van der Waals surface area contributed by atoms with Gasteiger partial charge in [-0.2, -0.15) is 0 Å². The van der Waals surface area contributed by atoms with Gasteiger partial charge in [0.1, 0.15) is 22.8 Å². The lowest BCUT2D eigenvalue weighted by Gasteiger charge is -2.36. The number of thiocarbonyl (C=S) groups is 1. The number of fused-ring (bicyclic) bond motifs is 3. The van der Waals surface area contributed by atoms with Crippen molar-refractivity contribution in [1.29, 1.82) is 0 Å². The van der Waals surface area contributed by atoms with Gasteiger partial charge in [-0.3, -0.25) is 4.72 Å². The molecule has 0 unspecified atom stereocenters. The molecule has 1 aliphatic heterocycles. The van der Waals surface area contributed by atoms with Crippen LogP contribution >= 0.6 is 23.6 Å². The third kappa shape index (κ3) is 5.82. The zero-order chi connectivity index (χ0) is 27.4. The van der Waals surface area contributed by atoms with E-state index >= 15 is 0 Å². The van der Waals surface area contributed by atoms with Gasteiger partial charge < -0.3 is 20.9 Å². The third-order valence-electron chi connectivity index (χ3n) is 5.97. The fourth-order valence-corrected chi connectivity index (χ4v) is 6.48. The molecule has 4 aromatic rings. The minimum atomic E-state index is -3.83. The summed E-state index contributed by atoms with van der Waals surface area (Å²) in [5.74, 6) is 0.887. The van der Waals surface area contributed by atoms with E-state index in [-0.39, 0.29) is 10.7 Å². The van der Waals surface area contributed by atoms with E-state index in [0.29, 0.717) is 23.9 Å². The van der Waals surface area contributed by atoms with E-state index in [9.17, 15) is 8.42 Å². The monoisotopic (exact) mass is 579 g/mol. The highest BCUT2D eigenvalue weighted by molar-refractivity contribution is 7.89. The first kappa shape index (κ1) is 26.5. The summed E-state index contributed by atoms with van der Waals surface area (Å²) in [6.45, 7) is 6.48. The quantitative estimate of drug-likeness (QED) is 0.221. The second kappa shape index (κ2) is 11.3. The number of thiophene rings is 1. The lowest BCUT2D eigenvalue weighted by molar-refractivity contribution is 0.390. The maximum Gasteiger partial charge on any atom is 0.263 e. The van der Waals surface area contributed by atoms with Crippen LogP contribution in [0, 0.1) is 0 Å². The number of piperazine rings is 1. The van der Waals surface area contributed by atoms with Gasteiger partial charge in [-0.25, -0.2) is 28.4 Å². The van der Waals surface area contributed by atoms with Crippen LogP contribution in [0.2, 0.25) is 0 Å². The number of sulfonamides is 1. The SMILES string of the molecule is C=C(N=C/C=C\N)NS(=O)(=O)c1ccc(NC(=S)N2CCN(c3ncnc4c3sc3ncccc34)CC2)cc1. The molecule has 0 saturated carbocycles. The average molecular weight is 580 g/mol. The first-order valence-electron chi connectivity index (χ1n) is 11.9. The summed E-state index contributed by atoms with van der Waals surface area (Å²) in [6, 6.07) is 10.3. The number of aromatic nitrogens is 3. The molecule has 4 N–H and O–H groups in total. The second-order valence-corrected chi connectivity index (χ2v) is 11.5. The summed E-state index contributed by atoms with van der Waals surface area (Å²) in [4.78, 5) is 22.8. The molecule has 0 spiro atoms. The van der Waals surface area contributed by atoms with Crippen molar-refractivity contribution >= 4 is 76.8 Å². The Morgan fingerprint density at radius 3 is 2.64 bits per heavy atom. The van der Waals surface area contributed by atoms with Crippen LogP contribution in [0.1, 0.15) is 0 Å². The number of allylic oxidation sites excluding steroid dienone is 1. The van der Waals surface area contributed by atoms with Crippen LogP contribution in [0.4, 0.5) is 11.5 Å². The zero-order valence-corrected chi connectivity index (χ0v) is 23.1. The summed E-state index contributed by atoms with van der Waals surface area (Å²) >= 11 is 7.24. The minimum Gasteiger partial charge on any atom is -0.405 e. The molecule has 0 radical (unpaired) electrons. The largest absolute Gasteiger partial charge is 0.405 e. The summed E-state index contributed by atoms with van der Waals surface area (Å²) < 4.78 is 28.5. The van der Waals surface area contributed by atoms with E-state index in [1.165, 1.54) is 30.6 Å². The predicted octanol–water partition coefficient (Wildman–Crippen LogP) is 3.05. The van der Waals surface area contributed by atoms with E-state index in [1.54, 1.807) is 36.0 Å². The highest BCUT2D eigenvalue weighted by atomic mass is 32.2. The van der Waals surface area contributed by atoms with Gasteiger partial charge in [-0.15, -0.1) is 11.3 Å². The first-order chi connectivity index (χ1) is 18.9. The number of rotatable bonds is 7. The summed E-state index contributed by atoms with van der Waals surface area (Å²) in [6.07, 6.45) is 7.48. The zero-order valence-electron chi connectivity index (χ0n) is 20.7. The molecular weight excluding hydrogens is 555 g/mol. The van der Waals surface area contributed by atoms with Gasteiger partial charge in [0.15, 0.2) is 5.11 Å². The van der Waals surface area contributed by atoms with Crippen molar-refractivity contribution in [2.24, 2.45) is 10.7 Å². The predicted molar refractivity (Wildman–Crippen MR) is 160 cm³/mol. The Kier molecular flexibility index (Phi) is 7.67. The molecule has 0 atom stereocenters. The number of nitrogens with zero attached hydrogens (tertiary/aromatic N) is 6. The van der Waals surface area contributed by atoms with E-state index < -0.39 is 10.0 Å². The molecule has 1 aliphatic rings. The van der Waals surface area contributed by atoms with Crippen LogP contribution < -0.4 is 20.7 Å². The fraction of sp³-hybridized carbons (Fsp3) is 0.160. The first-order valence-corrected chi connectivity index (χ1v) is 14.6. The van der Waals surface area contributed by atoms with Crippen molar-refractivity contribution in [2.45, 2.75) is 4.90 Å². The summed E-state index contributed by atoms with van der Waals surface area (Å²) in [7, 11) is -3.83. The Morgan fingerprint density at radius 2 is 1.90 bits per heavy atom. The molecule has 11 nitrogen and oxygen atoms in total. The van der Waals surface area contributed by atoms with Crippen molar-refractivity contribution in [3.8, 4) is 0 Å². The Balaban J connectivity index is 1.19. The fourth-order valence-electron chi connectivity index (χ4n) is 4.09. The molecular formula is C25H25N9O2S3. The average Bonchev–Trinajstić information content (AvgIpc) is 3.32. The van der Waals surface area contributed by atoms with E-state index in [2.05, 4.69) is 46.4 Å². The van der Waals surface area contributed by atoms with Crippen molar-refractivity contribution in [3.63, 3.8) is 0 Å². The molecule has 0 aliphatic carbocycles. The molecule has 14 heteroatoms. The van der Waals surface area contributed by atoms with Crippen LogP contribution in [-0.2, 0) is 10.0 Å². The Hall–Kier alpha value is -4.14. The summed E-state index contributed by atoms with van der Waals surface area (Å²) in [5, 5.41) is 4.81. The standard InChI is InChI=1S/C25H25N9O2S3/c1-17(27-11-3-9-26)32-39(35,36)19-7-5-18(6-8-19)31-25(37)34-14-12-33(13-15-34)23-22-21(29-16-30-23)20-4-2-10-28-24(20)38-22/h2-11,16,32H,1,12-15,26H2,(H,31,37)/b9-3-,27-11?. The number of benzene rings is 1. The normalized spacial score (nSPS) is 14.5. The molecule has 200 valence electrons. The number of nitrogens with two attached hydrogens (primary N) is 1. The summed E-state index contributed by atoms with van der Waals surface area (Å²) in [5.41, 5.74) is 6.83. The van der Waals surface area contributed by atoms with Crippen molar-refractivity contribution < 1.29 is 8.42 Å². The van der Waals surface area contributed by atoms with Crippen LogP contribution in [0.5, 0.6) is 0 Å². The van der Waals surface area contributed by atoms with Gasteiger partial charge in [0.25, 0.3) is 10.0 Å². The second-order valence-electron chi connectivity index (χ2n) is 8.48. The molecule has 1 aromatic carbocycles. The Labute approximate surface area is 234 Å². The van der Waals surface area contributed by atoms with Gasteiger partial charge in [0.05, 0.1) is 15.1 Å². The highest BCUT2D eigenvalue weighted by Crippen LogP contribution is 2.36. The number of anilines is 2. The molecule has 1 fully saturated rings. The van der Waals surface area contributed by atoms with Gasteiger partial charge in [-0.1, -0.05) is 6.58 Å². The topological polar surface area (TPSA) is 142 Å². The van der Waals surface area contributed by atoms with Crippen LogP contribution in [0.15, 0.2) is 83.5 Å². The lowest BCUT2D eigenvalue weighted by Crippen LogP contribution is -2.50. The maximum absolute atomic E-state index is 12.6. The molecule has 39 heavy (non-hydrogen) atoms. The molecule has 0 amide bonds. The third-order valence-corrected chi connectivity index (χ3v) is 8.83. The van der Waals surface area contributed by atoms with Crippen molar-refractivity contribution in [2.75, 3.05) is 36.4 Å². The van der Waals surface area contributed by atoms with Crippen molar-refractivity contribution in [1.82, 2.24) is 24.6 Å². The molecule has 5 rings (SSSR count). The smallest absolute Gasteiger partial charge is 0.263 e. The Bertz CT molecular complexity index is 1690. The van der Waals surface area contributed by atoms with Gasteiger partial charge in [0.2, 0.25) is 0 Å². The molecule has 4 heterocycles. The van der Waals surface area contributed by atoms with Crippen molar-refractivity contribution in [3.05, 3.63) is 73.6 Å². The number of nitrogens with one attached hydrogen (secondary N) is 2. The molecule has 1 saturated heterocycles. The number of hydrogen-bond acceptors (Lipinski definition) is 10. The van der Waals surface area contributed by atoms with Crippen LogP contribution in [0.3, 0.4) is 0 Å². The van der Waals surface area contributed by atoms with E-state index in [4.69, 9.17) is 18.0 Å². The van der Waals surface area contributed by atoms with E-state index in [0.717, 1.165) is 39.3 Å². The number of pyridine rings is 1. The van der Waals surface area contributed by atoms with Crippen LogP contribution in [0.25, 0.3) is 20.4 Å². The molecule has 3 aromatic heterocycles. The van der Waals surface area contributed by atoms with Gasteiger partial charge >= 0.3 is 0 Å². The van der Waals surface area contributed by atoms with Gasteiger partial charge in [0, 0.05) is 49.7 Å². The molecule has 0 bridgehead atoms. The Morgan fingerprint density at radius 1 is 1.13 bits per heavy atom. The number of hydrogen-bond donors (Lipinski definition) is 3.